The molecular formula is C54H70N11NaO19S2. The van der Waals surface area contributed by atoms with Crippen LogP contribution in [0.2, 0.25) is 0 Å². The number of pyridine rings is 2. The van der Waals surface area contributed by atoms with Gasteiger partial charge in [-0.2, -0.15) is 18.6 Å². The van der Waals surface area contributed by atoms with Crippen molar-refractivity contribution < 1.29 is 118 Å². The molecule has 0 bridgehead atoms. The summed E-state index contributed by atoms with van der Waals surface area (Å²) in [5, 5.41) is 16.1. The standard InChI is InChI=1S/C25H33N5O8S.C17H14N4O7S.C12H24N2O4.Na/c1-25(2,3)38-24(33)26-14-8-7-10-19(23(32)37-4)29-22(31)18-12-13-21(27-15-18)30-28-16-17-9-5-6-11-20(17)39(34,35)36;22-15-7-8-16(23)21(15)28-17(24)12-5-6-14(18-9-12)20-19-10-11-3-1-2-4-13(11)29(25,26)27;1-9(15)17-10(13)7-5-6-8-14-11(16)18-12(2,3)4;/h5-6,9,11-13,15-16,19H,7-8,10,14H2,1-4H3,(H,26,33)(H,27,30)(H,29,31)(H,34,35,36);1-6,9-10H,7-8H2,(H,18,20)(H,25,26,27);10H,5-8,13H2,1-4H3,(H,14,16);/q;;;+1/p-1. The molecule has 5 amide bonds. The number of methoxy groups -OCH3 is 1. The van der Waals surface area contributed by atoms with Crippen molar-refractivity contribution in [2.75, 3.05) is 31.1 Å². The number of hydroxylamine groups is 2. The van der Waals surface area contributed by atoms with Gasteiger partial charge < -0.3 is 44.3 Å². The van der Waals surface area contributed by atoms with Crippen LogP contribution in [-0.2, 0) is 63.2 Å². The number of hydrazone groups is 2. The van der Waals surface area contributed by atoms with Crippen LogP contribution in [0, 0.1) is 0 Å². The molecule has 2 atom stereocenters. The average molecular weight is 1260 g/mol. The number of carbonyl (C=O) groups is 8. The second-order valence-electron chi connectivity index (χ2n) is 20.1. The monoisotopic (exact) mass is 1260 g/mol. The molecule has 2 aromatic carbocycles. The van der Waals surface area contributed by atoms with Crippen LogP contribution in [0.25, 0.3) is 0 Å². The van der Waals surface area contributed by atoms with Gasteiger partial charge in [0.05, 0.1) is 35.6 Å². The van der Waals surface area contributed by atoms with Crippen LogP contribution in [0.4, 0.5) is 21.2 Å². The number of esters is 2. The Morgan fingerprint density at radius 2 is 1.17 bits per heavy atom. The number of hydrogen-bond donors (Lipinski definition) is 7. The number of benzene rings is 2. The molecular weight excluding hydrogens is 1190 g/mol. The quantitative estimate of drug-likeness (QED) is 0.00606. The van der Waals surface area contributed by atoms with E-state index < -0.39 is 90.5 Å². The largest absolute Gasteiger partial charge is 1.00 e. The van der Waals surface area contributed by atoms with Crippen molar-refractivity contribution in [2.24, 2.45) is 15.9 Å². The van der Waals surface area contributed by atoms with Gasteiger partial charge in [-0.15, -0.1) is 5.06 Å². The number of nitrogens with one attached hydrogen (secondary N) is 5. The van der Waals surface area contributed by atoms with Crippen LogP contribution in [0.15, 0.2) is 105 Å². The number of imide groups is 1. The van der Waals surface area contributed by atoms with E-state index in [9.17, 15) is 64.3 Å². The smallest absolute Gasteiger partial charge is 0.744 e. The number of alkyl carbamates (subject to hydrolysis) is 2. The Morgan fingerprint density at radius 3 is 1.61 bits per heavy atom. The summed E-state index contributed by atoms with van der Waals surface area (Å²) in [7, 11) is -7.84. The van der Waals surface area contributed by atoms with Crippen molar-refractivity contribution >= 4 is 92.1 Å². The molecule has 1 aliphatic heterocycles. The van der Waals surface area contributed by atoms with Crippen LogP contribution in [-0.4, -0.2) is 145 Å². The number of rotatable bonds is 24. The fourth-order valence-electron chi connectivity index (χ4n) is 6.80. The summed E-state index contributed by atoms with van der Waals surface area (Å²) in [6.07, 6.45) is 6.69. The summed E-state index contributed by atoms with van der Waals surface area (Å²) in [6.45, 7) is 12.9. The Bertz CT molecular complexity index is 3250. The summed E-state index contributed by atoms with van der Waals surface area (Å²) in [5.41, 5.74) is 10.0. The Morgan fingerprint density at radius 1 is 0.713 bits per heavy atom. The molecule has 1 saturated heterocycles. The molecule has 1 aliphatic rings. The molecule has 468 valence electrons. The van der Waals surface area contributed by atoms with Gasteiger partial charge in [-0.05, 0) is 116 Å². The summed E-state index contributed by atoms with van der Waals surface area (Å²) in [4.78, 5) is 105. The number of unbranched alkanes of at least 4 members (excludes halogenated alkanes) is 2. The summed E-state index contributed by atoms with van der Waals surface area (Å²) >= 11 is 0. The maximum absolute atomic E-state index is 12.7. The third-order valence-electron chi connectivity index (χ3n) is 10.6. The van der Waals surface area contributed by atoms with E-state index in [4.69, 9.17) is 29.5 Å². The van der Waals surface area contributed by atoms with Gasteiger partial charge in [0.15, 0.2) is 6.23 Å². The van der Waals surface area contributed by atoms with Crippen molar-refractivity contribution in [3.8, 4) is 0 Å². The zero-order valence-electron chi connectivity index (χ0n) is 49.4. The van der Waals surface area contributed by atoms with E-state index in [1.807, 2.05) is 20.8 Å². The Labute approximate surface area is 525 Å². The Kier molecular flexibility index (Phi) is 31.3. The van der Waals surface area contributed by atoms with E-state index in [2.05, 4.69) is 47.0 Å². The molecule has 33 heteroatoms. The van der Waals surface area contributed by atoms with Crippen LogP contribution in [0.5, 0.6) is 0 Å². The number of carbonyl (C=O) groups excluding carboxylic acids is 8. The maximum Gasteiger partial charge on any atom is 1.00 e. The van der Waals surface area contributed by atoms with Gasteiger partial charge in [0.25, 0.3) is 27.8 Å². The van der Waals surface area contributed by atoms with Gasteiger partial charge in [0.2, 0.25) is 0 Å². The average Bonchev–Trinajstić information content (AvgIpc) is 3.06. The second-order valence-corrected chi connectivity index (χ2v) is 22.9. The fourth-order valence-corrected chi connectivity index (χ4v) is 8.12. The number of hydrogen-bond acceptors (Lipinski definition) is 25. The molecule has 8 N–H and O–H groups in total. The number of anilines is 2. The first-order chi connectivity index (χ1) is 40.3. The van der Waals surface area contributed by atoms with Gasteiger partial charge in [-0.1, -0.05) is 36.4 Å². The van der Waals surface area contributed by atoms with Crippen LogP contribution >= 0.6 is 0 Å². The molecule has 2 unspecified atom stereocenters. The Hall–Kier alpha value is -7.98. The summed E-state index contributed by atoms with van der Waals surface area (Å²) in [5.74, 6) is -3.17. The maximum atomic E-state index is 12.7. The number of nitrogens with zero attached hydrogens (tertiary/aromatic N) is 5. The molecule has 30 nitrogen and oxygen atoms in total. The zero-order chi connectivity index (χ0) is 64.3. The first-order valence-electron chi connectivity index (χ1n) is 26.2. The molecule has 0 aliphatic carbocycles. The van der Waals surface area contributed by atoms with Crippen molar-refractivity contribution in [1.82, 2.24) is 31.0 Å². The third-order valence-corrected chi connectivity index (χ3v) is 12.5. The van der Waals surface area contributed by atoms with E-state index in [1.165, 1.54) is 81.0 Å². The molecule has 1 fully saturated rings. The predicted molar refractivity (Wildman–Crippen MR) is 307 cm³/mol. The summed E-state index contributed by atoms with van der Waals surface area (Å²) in [6, 6.07) is 16.0. The van der Waals surface area contributed by atoms with Crippen LogP contribution in [0.3, 0.4) is 0 Å². The second kappa shape index (κ2) is 36.2. The molecule has 2 aromatic heterocycles. The van der Waals surface area contributed by atoms with Crippen molar-refractivity contribution in [3.05, 3.63) is 107 Å². The molecule has 3 heterocycles. The van der Waals surface area contributed by atoms with Gasteiger partial charge in [-0.3, -0.25) is 40.3 Å². The molecule has 87 heavy (non-hydrogen) atoms. The Balaban J connectivity index is 0.000000473. The van der Waals surface area contributed by atoms with E-state index in [0.29, 0.717) is 43.8 Å². The normalized spacial score (nSPS) is 13.0. The third kappa shape index (κ3) is 29.8. The van der Waals surface area contributed by atoms with Gasteiger partial charge in [0, 0.05) is 56.4 Å². The van der Waals surface area contributed by atoms with Crippen molar-refractivity contribution in [3.63, 3.8) is 0 Å². The van der Waals surface area contributed by atoms with Crippen molar-refractivity contribution in [2.45, 2.75) is 133 Å². The molecule has 5 rings (SSSR count). The minimum absolute atomic E-state index is 0. The molecule has 0 saturated carbocycles. The topological polar surface area (TPSA) is 434 Å². The molecule has 4 aromatic rings. The minimum atomic E-state index is -4.65. The number of aromatic nitrogens is 2. The van der Waals surface area contributed by atoms with Gasteiger partial charge in [0.1, 0.15) is 43.9 Å². The number of ether oxygens (including phenoxy) is 4. The van der Waals surface area contributed by atoms with E-state index in [0.717, 1.165) is 31.3 Å². The predicted octanol–water partition coefficient (Wildman–Crippen LogP) is 1.93. The van der Waals surface area contributed by atoms with E-state index >= 15 is 0 Å². The van der Waals surface area contributed by atoms with E-state index in [-0.39, 0.29) is 87.2 Å². The fraction of sp³-hybridized carbons (Fsp3) is 0.407. The number of amides is 5. The van der Waals surface area contributed by atoms with E-state index in [1.54, 1.807) is 32.9 Å². The molecule has 0 spiro atoms. The summed E-state index contributed by atoms with van der Waals surface area (Å²) < 4.78 is 85.6. The first-order valence-corrected chi connectivity index (χ1v) is 29.1. The van der Waals surface area contributed by atoms with Gasteiger partial charge in [-0.25, -0.2) is 37.6 Å². The zero-order valence-corrected chi connectivity index (χ0v) is 53.0. The van der Waals surface area contributed by atoms with Crippen LogP contribution in [0.1, 0.15) is 132 Å². The van der Waals surface area contributed by atoms with Gasteiger partial charge >= 0.3 is 59.7 Å². The first kappa shape index (κ1) is 75.1. The number of nitrogens with two attached hydrogens (primary N) is 1. The SMILES string of the molecule is CC(=O)OC(N)CCCCNC(=O)OC(C)(C)C.COC(=O)C(CCCCNC(=O)OC(C)(C)C)NC(=O)c1ccc(NN=Cc2ccccc2S(=O)(=O)O)nc1.O=C(ON1C(=O)CCC1=O)c1ccc(NN=Cc2ccccc2S(=O)(=O)[O-])nc1.[Na+]. The molecule has 0 radical (unpaired) electrons. The van der Waals surface area contributed by atoms with Crippen LogP contribution < -0.4 is 62.1 Å². The minimum Gasteiger partial charge on any atom is -0.744 e. The van der Waals surface area contributed by atoms with Crippen molar-refractivity contribution in [1.29, 1.82) is 0 Å².